The van der Waals surface area contributed by atoms with E-state index in [-0.39, 0.29) is 0 Å². The topological polar surface area (TPSA) is 0 Å². The third-order valence-corrected chi connectivity index (χ3v) is 6.87. The lowest BCUT2D eigenvalue weighted by Gasteiger charge is -2.41. The monoisotopic (exact) mass is 432 g/mol. The van der Waals surface area contributed by atoms with Crippen LogP contribution in [0.1, 0.15) is 103 Å². The molecule has 0 nitrogen and oxygen atoms in total. The first kappa shape index (κ1) is 28.0. The molecule has 2 aromatic carbocycles. The predicted octanol–water partition coefficient (Wildman–Crippen LogP) is 10.6. The second kappa shape index (κ2) is 14.9. The number of rotatable bonds is 12. The van der Waals surface area contributed by atoms with Crippen LogP contribution in [0.5, 0.6) is 0 Å². The van der Waals surface area contributed by atoms with Gasteiger partial charge in [-0.25, -0.2) is 0 Å². The molecular formula is C32H48. The molecule has 0 saturated carbocycles. The fourth-order valence-electron chi connectivity index (χ4n) is 5.26. The van der Waals surface area contributed by atoms with Crippen molar-refractivity contribution in [2.24, 2.45) is 5.92 Å². The van der Waals surface area contributed by atoms with Gasteiger partial charge in [-0.05, 0) is 77.8 Å². The Labute approximate surface area is 199 Å². The summed E-state index contributed by atoms with van der Waals surface area (Å²) in [6.07, 6.45) is 15.0. The van der Waals surface area contributed by atoms with Crippen molar-refractivity contribution in [3.8, 4) is 11.1 Å². The van der Waals surface area contributed by atoms with E-state index in [0.717, 1.165) is 5.92 Å². The molecule has 0 aliphatic heterocycles. The minimum Gasteiger partial charge on any atom is -0.0991 e. The van der Waals surface area contributed by atoms with Crippen molar-refractivity contribution < 1.29 is 0 Å². The van der Waals surface area contributed by atoms with Crippen molar-refractivity contribution in [3.05, 3.63) is 77.9 Å². The number of hydrogen-bond donors (Lipinski definition) is 0. The zero-order valence-electron chi connectivity index (χ0n) is 22.0. The van der Waals surface area contributed by atoms with Crippen LogP contribution in [-0.4, -0.2) is 0 Å². The maximum atomic E-state index is 3.80. The highest BCUT2D eigenvalue weighted by Crippen LogP contribution is 2.45. The van der Waals surface area contributed by atoms with E-state index >= 15 is 0 Å². The average molecular weight is 433 g/mol. The Hall–Kier alpha value is -2.08. The average Bonchev–Trinajstić information content (AvgIpc) is 2.83. The van der Waals surface area contributed by atoms with Crippen LogP contribution in [0.3, 0.4) is 0 Å². The Morgan fingerprint density at radius 3 is 1.94 bits per heavy atom. The molecular weight excluding hydrogens is 384 g/mol. The van der Waals surface area contributed by atoms with Crippen LogP contribution in [0.4, 0.5) is 0 Å². The molecule has 2 aromatic rings. The maximum Gasteiger partial charge on any atom is -0.00215 e. The van der Waals surface area contributed by atoms with Crippen molar-refractivity contribution >= 4 is 6.08 Å². The molecule has 0 aliphatic rings. The van der Waals surface area contributed by atoms with Crippen molar-refractivity contribution in [3.63, 3.8) is 0 Å². The Balaban J connectivity index is 0.00000249. The minimum atomic E-state index is 0.310. The van der Waals surface area contributed by atoms with Gasteiger partial charge in [-0.3, -0.25) is 0 Å². The first-order chi connectivity index (χ1) is 15.6. The summed E-state index contributed by atoms with van der Waals surface area (Å²) in [5.41, 5.74) is 6.99. The van der Waals surface area contributed by atoms with Crippen LogP contribution < -0.4 is 0 Å². The summed E-state index contributed by atoms with van der Waals surface area (Å²) in [6, 6.07) is 16.3. The second-order valence-electron chi connectivity index (χ2n) is 8.78. The van der Waals surface area contributed by atoms with Crippen LogP contribution in [0.15, 0.2) is 61.2 Å². The summed E-state index contributed by atoms with van der Waals surface area (Å²) < 4.78 is 0. The van der Waals surface area contributed by atoms with Gasteiger partial charge in [-0.1, -0.05) is 122 Å². The van der Waals surface area contributed by atoms with E-state index in [2.05, 4.69) is 89.7 Å². The molecule has 176 valence electrons. The van der Waals surface area contributed by atoms with Crippen LogP contribution in [0.2, 0.25) is 0 Å². The van der Waals surface area contributed by atoms with Crippen LogP contribution in [0, 0.1) is 12.8 Å². The van der Waals surface area contributed by atoms with Crippen molar-refractivity contribution in [2.45, 2.75) is 98.8 Å². The van der Waals surface area contributed by atoms with E-state index in [1.807, 2.05) is 26.0 Å². The molecule has 0 aliphatic carbocycles. The third kappa shape index (κ3) is 6.96. The van der Waals surface area contributed by atoms with Gasteiger partial charge in [0.2, 0.25) is 0 Å². The molecule has 0 spiro atoms. The molecule has 0 radical (unpaired) electrons. The maximum absolute atomic E-state index is 3.80. The largest absolute Gasteiger partial charge is 0.0991 e. The van der Waals surface area contributed by atoms with Gasteiger partial charge in [0.15, 0.2) is 0 Å². The fourth-order valence-corrected chi connectivity index (χ4v) is 5.26. The van der Waals surface area contributed by atoms with E-state index in [1.54, 1.807) is 5.56 Å². The van der Waals surface area contributed by atoms with Crippen LogP contribution >= 0.6 is 0 Å². The smallest absolute Gasteiger partial charge is 0.00215 e. The Morgan fingerprint density at radius 1 is 0.844 bits per heavy atom. The zero-order valence-corrected chi connectivity index (χ0v) is 22.0. The summed E-state index contributed by atoms with van der Waals surface area (Å²) in [7, 11) is 0. The third-order valence-electron chi connectivity index (χ3n) is 6.87. The lowest BCUT2D eigenvalue weighted by Crippen LogP contribution is -2.35. The first-order valence-electron chi connectivity index (χ1n) is 13.1. The highest BCUT2D eigenvalue weighted by molar-refractivity contribution is 5.69. The molecule has 0 N–H and O–H groups in total. The highest BCUT2D eigenvalue weighted by Gasteiger charge is 2.36. The summed E-state index contributed by atoms with van der Waals surface area (Å²) >= 11 is 0. The first-order valence-corrected chi connectivity index (χ1v) is 13.1. The summed E-state index contributed by atoms with van der Waals surface area (Å²) in [5, 5.41) is 0. The van der Waals surface area contributed by atoms with Gasteiger partial charge in [0.25, 0.3) is 0 Å². The molecule has 1 atom stereocenters. The Bertz CT molecular complexity index is 802. The van der Waals surface area contributed by atoms with Crippen LogP contribution in [0.25, 0.3) is 17.2 Å². The number of hydrogen-bond acceptors (Lipinski definition) is 0. The molecule has 32 heavy (non-hydrogen) atoms. The fraction of sp³-hybridized carbons (Fsp3) is 0.500. The zero-order chi connectivity index (χ0) is 24.0. The van der Waals surface area contributed by atoms with E-state index in [0.29, 0.717) is 5.41 Å². The minimum absolute atomic E-state index is 0.310. The van der Waals surface area contributed by atoms with Crippen molar-refractivity contribution in [1.29, 1.82) is 0 Å². The summed E-state index contributed by atoms with van der Waals surface area (Å²) in [5.74, 6) is 0.776. The molecule has 0 bridgehead atoms. The van der Waals surface area contributed by atoms with E-state index < -0.39 is 0 Å². The van der Waals surface area contributed by atoms with E-state index in [1.165, 1.54) is 67.2 Å². The number of allylic oxidation sites excluding steroid dienone is 2. The Kier molecular flexibility index (Phi) is 13.0. The number of aryl methyl sites for hydroxylation is 1. The summed E-state index contributed by atoms with van der Waals surface area (Å²) in [4.78, 5) is 0. The highest BCUT2D eigenvalue weighted by atomic mass is 14.4. The van der Waals surface area contributed by atoms with Crippen LogP contribution in [-0.2, 0) is 5.41 Å². The quantitative estimate of drug-likeness (QED) is 0.292. The van der Waals surface area contributed by atoms with Gasteiger partial charge >= 0.3 is 0 Å². The molecule has 0 heteroatoms. The van der Waals surface area contributed by atoms with Crippen molar-refractivity contribution in [1.82, 2.24) is 0 Å². The molecule has 0 amide bonds. The standard InChI is InChI=1S/C30H42.C2H6/c1-7-12-15-26-23-27(17-16-24(26)6)25-18-20-29(21-19-25)30(11-5,22-10-4)28(13-8-2)14-9-3;1-2/h7,12,15-21,23,28H,1,8-11,13-14,22H2,2-6H3;1-2H3/b15-12-;. The normalized spacial score (nSPS) is 13.0. The molecule has 0 aromatic heterocycles. The number of benzene rings is 2. The van der Waals surface area contributed by atoms with E-state index in [9.17, 15) is 0 Å². The predicted molar refractivity (Wildman–Crippen MR) is 147 cm³/mol. The van der Waals surface area contributed by atoms with Gasteiger partial charge in [0.1, 0.15) is 0 Å². The lowest BCUT2D eigenvalue weighted by atomic mass is 9.63. The van der Waals surface area contributed by atoms with E-state index in [4.69, 9.17) is 0 Å². The van der Waals surface area contributed by atoms with Gasteiger partial charge in [-0.15, -0.1) is 0 Å². The molecule has 0 saturated heterocycles. The second-order valence-corrected chi connectivity index (χ2v) is 8.78. The molecule has 0 fully saturated rings. The SMILES string of the molecule is C=C/C=C\c1cc(-c2ccc(C(CC)(CCC)C(CCC)CCC)cc2)ccc1C.CC. The van der Waals surface area contributed by atoms with Gasteiger partial charge in [0, 0.05) is 0 Å². The van der Waals surface area contributed by atoms with Gasteiger partial charge < -0.3 is 0 Å². The molecule has 0 heterocycles. The van der Waals surface area contributed by atoms with Crippen molar-refractivity contribution in [2.75, 3.05) is 0 Å². The molecule has 1 unspecified atom stereocenters. The summed E-state index contributed by atoms with van der Waals surface area (Å²) in [6.45, 7) is 19.4. The lowest BCUT2D eigenvalue weighted by molar-refractivity contribution is 0.206. The molecule has 2 rings (SSSR count). The van der Waals surface area contributed by atoms with Gasteiger partial charge in [-0.2, -0.15) is 0 Å². The Morgan fingerprint density at radius 2 is 1.44 bits per heavy atom. The van der Waals surface area contributed by atoms with Gasteiger partial charge in [0.05, 0.1) is 0 Å².